The fourth-order valence-electron chi connectivity index (χ4n) is 1.27. The smallest absolute Gasteiger partial charge is 0.174 e. The number of hydrogen-bond acceptors (Lipinski definition) is 5. The highest BCUT2D eigenvalue weighted by molar-refractivity contribution is 8.01. The minimum absolute atomic E-state index is 0.298. The number of aromatic nitrogens is 2. The molecule has 1 aromatic carbocycles. The van der Waals surface area contributed by atoms with Crippen molar-refractivity contribution in [2.75, 3.05) is 5.75 Å². The van der Waals surface area contributed by atoms with E-state index in [4.69, 9.17) is 0 Å². The van der Waals surface area contributed by atoms with Crippen molar-refractivity contribution in [2.24, 2.45) is 0 Å². The van der Waals surface area contributed by atoms with Crippen LogP contribution in [0.15, 0.2) is 28.6 Å². The predicted octanol–water partition coefficient (Wildman–Crippen LogP) is 2.81. The molecule has 2 rings (SSSR count). The van der Waals surface area contributed by atoms with Crippen LogP contribution in [-0.2, 0) is 0 Å². The molecule has 0 bridgehead atoms. The number of halogens is 1. The molecule has 2 aromatic rings. The summed E-state index contributed by atoms with van der Waals surface area (Å²) in [7, 11) is 0. The molecule has 3 nitrogen and oxygen atoms in total. The summed E-state index contributed by atoms with van der Waals surface area (Å²) >= 11 is 2.95. The van der Waals surface area contributed by atoms with E-state index in [0.29, 0.717) is 11.3 Å². The van der Waals surface area contributed by atoms with Crippen molar-refractivity contribution in [1.29, 1.82) is 0 Å². The van der Waals surface area contributed by atoms with Gasteiger partial charge in [0.25, 0.3) is 0 Å². The highest BCUT2D eigenvalue weighted by atomic mass is 32.2. The lowest BCUT2D eigenvalue weighted by Crippen LogP contribution is -2.00. The lowest BCUT2D eigenvalue weighted by molar-refractivity contribution is 0.204. The van der Waals surface area contributed by atoms with E-state index in [1.165, 1.54) is 35.2 Å². The Morgan fingerprint density at radius 3 is 2.65 bits per heavy atom. The Morgan fingerprint density at radius 1 is 1.35 bits per heavy atom. The largest absolute Gasteiger partial charge is 0.388 e. The molecule has 1 unspecified atom stereocenters. The van der Waals surface area contributed by atoms with Crippen LogP contribution in [0.5, 0.6) is 0 Å². The predicted molar refractivity (Wildman–Crippen MR) is 66.7 cm³/mol. The van der Waals surface area contributed by atoms with Crippen LogP contribution in [0.1, 0.15) is 16.7 Å². The Hall–Kier alpha value is -0.980. The summed E-state index contributed by atoms with van der Waals surface area (Å²) in [5.41, 5.74) is 0.708. The molecule has 0 aliphatic heterocycles. The topological polar surface area (TPSA) is 46.0 Å². The van der Waals surface area contributed by atoms with Gasteiger partial charge < -0.3 is 5.11 Å². The van der Waals surface area contributed by atoms with Gasteiger partial charge in [-0.2, -0.15) is 0 Å². The van der Waals surface area contributed by atoms with Crippen LogP contribution < -0.4 is 0 Å². The van der Waals surface area contributed by atoms with Crippen molar-refractivity contribution in [3.05, 3.63) is 40.7 Å². The van der Waals surface area contributed by atoms with Gasteiger partial charge >= 0.3 is 0 Å². The number of hydrogen-bond donors (Lipinski definition) is 1. The third-order valence-electron chi connectivity index (χ3n) is 2.13. The lowest BCUT2D eigenvalue weighted by atomic mass is 10.1. The molecule has 6 heteroatoms. The number of aryl methyl sites for hydroxylation is 1. The van der Waals surface area contributed by atoms with Crippen molar-refractivity contribution in [3.63, 3.8) is 0 Å². The molecule has 1 atom stereocenters. The van der Waals surface area contributed by atoms with E-state index in [1.807, 2.05) is 6.92 Å². The van der Waals surface area contributed by atoms with E-state index in [0.717, 1.165) is 9.35 Å². The van der Waals surface area contributed by atoms with Gasteiger partial charge in [-0.1, -0.05) is 35.2 Å². The van der Waals surface area contributed by atoms with Crippen molar-refractivity contribution in [2.45, 2.75) is 17.4 Å². The molecular formula is C11H11FN2OS2. The molecule has 0 aliphatic carbocycles. The molecule has 17 heavy (non-hydrogen) atoms. The zero-order valence-electron chi connectivity index (χ0n) is 9.13. The van der Waals surface area contributed by atoms with Gasteiger partial charge in [0.1, 0.15) is 10.8 Å². The van der Waals surface area contributed by atoms with E-state index in [1.54, 1.807) is 12.1 Å². The number of benzene rings is 1. The second kappa shape index (κ2) is 5.57. The third-order valence-corrected chi connectivity index (χ3v) is 4.17. The summed E-state index contributed by atoms with van der Waals surface area (Å²) in [6.45, 7) is 1.89. The number of thioether (sulfide) groups is 1. The molecule has 0 radical (unpaired) electrons. The van der Waals surface area contributed by atoms with E-state index < -0.39 is 6.10 Å². The van der Waals surface area contributed by atoms with Gasteiger partial charge in [0, 0.05) is 5.75 Å². The second-order valence-electron chi connectivity index (χ2n) is 3.47. The monoisotopic (exact) mass is 270 g/mol. The van der Waals surface area contributed by atoms with Gasteiger partial charge in [-0.05, 0) is 24.6 Å². The van der Waals surface area contributed by atoms with Gasteiger partial charge in [-0.3, -0.25) is 0 Å². The standard InChI is InChI=1S/C11H11FN2OS2/c1-7-13-14-11(17-7)16-6-10(15)8-2-4-9(12)5-3-8/h2-5,10,15H,6H2,1H3. The number of nitrogens with zero attached hydrogens (tertiary/aromatic N) is 2. The summed E-state index contributed by atoms with van der Waals surface area (Å²) < 4.78 is 13.5. The minimum Gasteiger partial charge on any atom is -0.388 e. The average Bonchev–Trinajstić information content (AvgIpc) is 2.73. The molecule has 0 saturated carbocycles. The lowest BCUT2D eigenvalue weighted by Gasteiger charge is -2.08. The maximum absolute atomic E-state index is 12.7. The van der Waals surface area contributed by atoms with E-state index >= 15 is 0 Å². The molecule has 0 spiro atoms. The van der Waals surface area contributed by atoms with Crippen molar-refractivity contribution >= 4 is 23.1 Å². The van der Waals surface area contributed by atoms with Gasteiger partial charge in [0.05, 0.1) is 6.10 Å². The maximum atomic E-state index is 12.7. The SMILES string of the molecule is Cc1nnc(SCC(O)c2ccc(F)cc2)s1. The molecule has 1 N–H and O–H groups in total. The molecule has 0 aliphatic rings. The van der Waals surface area contributed by atoms with Crippen LogP contribution in [-0.4, -0.2) is 21.1 Å². The Balaban J connectivity index is 1.93. The fourth-order valence-corrected chi connectivity index (χ4v) is 3.08. The molecular weight excluding hydrogens is 259 g/mol. The van der Waals surface area contributed by atoms with Crippen LogP contribution in [0.4, 0.5) is 4.39 Å². The molecule has 90 valence electrons. The van der Waals surface area contributed by atoms with Gasteiger partial charge in [0.2, 0.25) is 0 Å². The first-order valence-corrected chi connectivity index (χ1v) is 6.82. The Bertz CT molecular complexity index is 486. The third kappa shape index (κ3) is 3.49. The first kappa shape index (κ1) is 12.5. The molecule has 0 saturated heterocycles. The number of rotatable bonds is 4. The fraction of sp³-hybridized carbons (Fsp3) is 0.273. The highest BCUT2D eigenvalue weighted by Crippen LogP contribution is 2.26. The Labute approximate surface area is 107 Å². The highest BCUT2D eigenvalue weighted by Gasteiger charge is 2.10. The summed E-state index contributed by atoms with van der Waals surface area (Å²) in [5, 5.41) is 18.7. The Kier molecular flexibility index (Phi) is 4.09. The molecule has 0 fully saturated rings. The number of aliphatic hydroxyl groups is 1. The van der Waals surface area contributed by atoms with Crippen LogP contribution in [0.25, 0.3) is 0 Å². The summed E-state index contributed by atoms with van der Waals surface area (Å²) in [6.07, 6.45) is -0.621. The summed E-state index contributed by atoms with van der Waals surface area (Å²) in [4.78, 5) is 0. The zero-order chi connectivity index (χ0) is 12.3. The summed E-state index contributed by atoms with van der Waals surface area (Å²) in [6, 6.07) is 5.87. The van der Waals surface area contributed by atoms with Gasteiger partial charge in [-0.25, -0.2) is 4.39 Å². The van der Waals surface area contributed by atoms with Crippen LogP contribution in [0.3, 0.4) is 0 Å². The average molecular weight is 270 g/mol. The normalized spacial score (nSPS) is 12.6. The molecule has 1 aromatic heterocycles. The van der Waals surface area contributed by atoms with Crippen molar-refractivity contribution in [1.82, 2.24) is 10.2 Å². The molecule has 1 heterocycles. The van der Waals surface area contributed by atoms with Crippen LogP contribution >= 0.6 is 23.1 Å². The zero-order valence-corrected chi connectivity index (χ0v) is 10.8. The quantitative estimate of drug-likeness (QED) is 0.868. The van der Waals surface area contributed by atoms with E-state index in [2.05, 4.69) is 10.2 Å². The maximum Gasteiger partial charge on any atom is 0.174 e. The van der Waals surface area contributed by atoms with Gasteiger partial charge in [-0.15, -0.1) is 10.2 Å². The van der Waals surface area contributed by atoms with Crippen LogP contribution in [0, 0.1) is 12.7 Å². The van der Waals surface area contributed by atoms with E-state index in [-0.39, 0.29) is 5.82 Å². The second-order valence-corrected chi connectivity index (χ2v) is 5.91. The Morgan fingerprint density at radius 2 is 2.06 bits per heavy atom. The minimum atomic E-state index is -0.621. The van der Waals surface area contributed by atoms with Crippen molar-refractivity contribution in [3.8, 4) is 0 Å². The molecule has 0 amide bonds. The summed E-state index contributed by atoms with van der Waals surface area (Å²) in [5.74, 6) is 0.189. The van der Waals surface area contributed by atoms with Crippen LogP contribution in [0.2, 0.25) is 0 Å². The van der Waals surface area contributed by atoms with Gasteiger partial charge in [0.15, 0.2) is 4.34 Å². The first-order chi connectivity index (χ1) is 8.15. The first-order valence-electron chi connectivity index (χ1n) is 5.01. The number of aliphatic hydroxyl groups excluding tert-OH is 1. The van der Waals surface area contributed by atoms with Crippen molar-refractivity contribution < 1.29 is 9.50 Å². The van der Waals surface area contributed by atoms with E-state index in [9.17, 15) is 9.50 Å².